The van der Waals surface area contributed by atoms with Crippen LogP contribution in [0.3, 0.4) is 0 Å². The van der Waals surface area contributed by atoms with Gasteiger partial charge in [-0.25, -0.2) is 10.1 Å². The number of fused-ring (bicyclic) bond motifs is 1. The van der Waals surface area contributed by atoms with Gasteiger partial charge in [0.05, 0.1) is 26.1 Å². The average Bonchev–Trinajstić information content (AvgIpc) is 3.37. The van der Waals surface area contributed by atoms with Gasteiger partial charge in [0.15, 0.2) is 17.1 Å². The standard InChI is InChI=1S/C27H36FN6O6P/c1-5-18(6-2)15-39-25(36)20(13-19-11-9-8-10-12-19)33-41(37)40-16-27(7-3,38-4)21(35)14-34-17-30-22-23(29)31-26(28)32-24(22)34/h3,8-12,17-18,20-21,35,41H,5-6,13-16H2,1-2,4H3,(H,33,37)(H2,29,31,32)/t20-,21-,27+/m0/s1. The highest BCUT2D eigenvalue weighted by Crippen LogP contribution is 2.27. The number of hydrogen-bond acceptors (Lipinski definition) is 10. The van der Waals surface area contributed by atoms with Gasteiger partial charge in [0.2, 0.25) is 0 Å². The summed E-state index contributed by atoms with van der Waals surface area (Å²) in [5.41, 5.74) is 4.96. The van der Waals surface area contributed by atoms with Crippen LogP contribution >= 0.6 is 8.18 Å². The molecular formula is C27H36FN6O6P. The van der Waals surface area contributed by atoms with Crippen LogP contribution in [0.5, 0.6) is 0 Å². The van der Waals surface area contributed by atoms with Crippen LogP contribution in [0.2, 0.25) is 0 Å². The number of nitrogen functional groups attached to an aromatic ring is 1. The van der Waals surface area contributed by atoms with E-state index in [1.54, 1.807) is 0 Å². The molecule has 41 heavy (non-hydrogen) atoms. The first-order valence-corrected chi connectivity index (χ1v) is 14.5. The number of aliphatic hydroxyl groups is 1. The molecule has 1 unspecified atom stereocenters. The third kappa shape index (κ3) is 8.31. The molecule has 0 spiro atoms. The van der Waals surface area contributed by atoms with E-state index in [1.807, 2.05) is 44.2 Å². The van der Waals surface area contributed by atoms with Crippen molar-refractivity contribution in [3.05, 3.63) is 48.3 Å². The first kappa shape index (κ1) is 32.1. The normalized spacial score (nSPS) is 15.2. The summed E-state index contributed by atoms with van der Waals surface area (Å²) in [6.45, 7) is 3.56. The average molecular weight is 591 g/mol. The van der Waals surface area contributed by atoms with Gasteiger partial charge in [-0.05, 0) is 17.9 Å². The van der Waals surface area contributed by atoms with Crippen molar-refractivity contribution < 1.29 is 32.9 Å². The maximum atomic E-state index is 13.7. The number of aromatic nitrogens is 4. The van der Waals surface area contributed by atoms with E-state index in [2.05, 4.69) is 26.0 Å². The summed E-state index contributed by atoms with van der Waals surface area (Å²) in [5.74, 6) is 1.86. The lowest BCUT2D eigenvalue weighted by molar-refractivity contribution is -0.147. The van der Waals surface area contributed by atoms with E-state index in [9.17, 15) is 18.9 Å². The number of rotatable bonds is 16. The van der Waals surface area contributed by atoms with Crippen LogP contribution in [-0.4, -0.2) is 68.7 Å². The van der Waals surface area contributed by atoms with E-state index in [-0.39, 0.29) is 42.5 Å². The number of nitrogens with two attached hydrogens (primary N) is 1. The molecule has 222 valence electrons. The number of ether oxygens (including phenoxy) is 2. The molecule has 0 aliphatic rings. The Labute approximate surface area is 238 Å². The number of terminal acetylenes is 1. The fourth-order valence-electron chi connectivity index (χ4n) is 4.12. The Balaban J connectivity index is 1.70. The summed E-state index contributed by atoms with van der Waals surface area (Å²) in [5, 5.41) is 13.7. The van der Waals surface area contributed by atoms with E-state index in [1.165, 1.54) is 18.0 Å². The lowest BCUT2D eigenvalue weighted by Crippen LogP contribution is -2.49. The van der Waals surface area contributed by atoms with Crippen LogP contribution in [0.1, 0.15) is 32.3 Å². The van der Waals surface area contributed by atoms with Gasteiger partial charge in [-0.3, -0.25) is 9.36 Å². The summed E-state index contributed by atoms with van der Waals surface area (Å²) >= 11 is 0. The second-order valence-corrected chi connectivity index (χ2v) is 10.6. The van der Waals surface area contributed by atoms with Gasteiger partial charge in [0.25, 0.3) is 8.18 Å². The van der Waals surface area contributed by atoms with Gasteiger partial charge in [-0.15, -0.1) is 6.42 Å². The predicted molar refractivity (Wildman–Crippen MR) is 151 cm³/mol. The molecule has 12 nitrogen and oxygen atoms in total. The van der Waals surface area contributed by atoms with Gasteiger partial charge in [-0.1, -0.05) is 62.9 Å². The lowest BCUT2D eigenvalue weighted by atomic mass is 9.98. The van der Waals surface area contributed by atoms with Crippen LogP contribution in [0.25, 0.3) is 11.2 Å². The number of benzene rings is 1. The van der Waals surface area contributed by atoms with Crippen molar-refractivity contribution in [2.24, 2.45) is 5.92 Å². The molecule has 4 N–H and O–H groups in total. The number of aliphatic hydroxyl groups excluding tert-OH is 1. The number of methoxy groups -OCH3 is 1. The molecular weight excluding hydrogens is 554 g/mol. The molecule has 0 aliphatic heterocycles. The number of carbonyl (C=O) groups is 1. The minimum Gasteiger partial charge on any atom is -0.464 e. The molecule has 4 atom stereocenters. The predicted octanol–water partition coefficient (Wildman–Crippen LogP) is 2.51. The molecule has 0 radical (unpaired) electrons. The number of esters is 1. The van der Waals surface area contributed by atoms with E-state index in [0.717, 1.165) is 18.4 Å². The zero-order valence-electron chi connectivity index (χ0n) is 23.2. The number of imidazole rings is 1. The Kier molecular flexibility index (Phi) is 11.8. The first-order chi connectivity index (χ1) is 19.7. The summed E-state index contributed by atoms with van der Waals surface area (Å²) in [7, 11) is -1.83. The molecule has 0 aliphatic carbocycles. The largest absolute Gasteiger partial charge is 0.464 e. The molecule has 0 saturated carbocycles. The Morgan fingerprint density at radius 2 is 2.00 bits per heavy atom. The molecule has 0 saturated heterocycles. The highest BCUT2D eigenvalue weighted by Gasteiger charge is 2.38. The van der Waals surface area contributed by atoms with Crippen LogP contribution in [0.15, 0.2) is 36.7 Å². The first-order valence-electron chi connectivity index (χ1n) is 13.1. The topological polar surface area (TPSA) is 164 Å². The summed E-state index contributed by atoms with van der Waals surface area (Å²) in [6, 6.07) is 8.25. The second kappa shape index (κ2) is 15.0. The van der Waals surface area contributed by atoms with Crippen molar-refractivity contribution >= 4 is 31.1 Å². The molecule has 0 bridgehead atoms. The summed E-state index contributed by atoms with van der Waals surface area (Å²) < 4.78 is 44.6. The van der Waals surface area contributed by atoms with E-state index < -0.39 is 44.6 Å². The van der Waals surface area contributed by atoms with Crippen LogP contribution in [-0.2, 0) is 36.3 Å². The number of hydrogen-bond donors (Lipinski definition) is 3. The zero-order valence-corrected chi connectivity index (χ0v) is 24.2. The third-order valence-electron chi connectivity index (χ3n) is 6.87. The van der Waals surface area contributed by atoms with Gasteiger partial charge >= 0.3 is 12.0 Å². The molecule has 0 amide bonds. The van der Waals surface area contributed by atoms with E-state index in [4.69, 9.17) is 26.2 Å². The number of carbonyl (C=O) groups excluding carboxylic acids is 1. The maximum Gasteiger partial charge on any atom is 0.323 e. The Morgan fingerprint density at radius 3 is 2.63 bits per heavy atom. The van der Waals surface area contributed by atoms with Gasteiger partial charge in [-0.2, -0.15) is 14.4 Å². The van der Waals surface area contributed by atoms with Crippen molar-refractivity contribution in [1.29, 1.82) is 0 Å². The van der Waals surface area contributed by atoms with Gasteiger partial charge < -0.3 is 29.4 Å². The SMILES string of the molecule is C#C[C@](CO[PH](=O)N[C@@H](Cc1ccccc1)C(=O)OCC(CC)CC)(OC)[C@@H](O)Cn1cnc2c(N)nc(F)nc21. The van der Waals surface area contributed by atoms with Gasteiger partial charge in [0, 0.05) is 7.11 Å². The zero-order chi connectivity index (χ0) is 30.0. The molecule has 3 aromatic rings. The molecule has 2 heterocycles. The third-order valence-corrected chi connectivity index (χ3v) is 7.86. The number of halogens is 1. The molecule has 3 rings (SSSR count). The molecule has 2 aromatic heterocycles. The van der Waals surface area contributed by atoms with Crippen LogP contribution in [0.4, 0.5) is 10.2 Å². The Bertz CT molecular complexity index is 1370. The highest BCUT2D eigenvalue weighted by molar-refractivity contribution is 7.36. The summed E-state index contributed by atoms with van der Waals surface area (Å²) in [6.07, 6.45) is 6.44. The highest BCUT2D eigenvalue weighted by atomic mass is 31.1. The summed E-state index contributed by atoms with van der Waals surface area (Å²) in [4.78, 5) is 24.1. The fraction of sp³-hybridized carbons (Fsp3) is 0.481. The Hall–Kier alpha value is -3.40. The minimum atomic E-state index is -3.09. The molecule has 1 aromatic carbocycles. The molecule has 0 fully saturated rings. The van der Waals surface area contributed by atoms with Gasteiger partial charge in [0.1, 0.15) is 17.7 Å². The van der Waals surface area contributed by atoms with Crippen molar-refractivity contribution in [2.75, 3.05) is 26.1 Å². The lowest BCUT2D eigenvalue weighted by Gasteiger charge is -2.32. The maximum absolute atomic E-state index is 13.7. The number of nitrogens with zero attached hydrogens (tertiary/aromatic N) is 4. The quantitative estimate of drug-likeness (QED) is 0.0972. The second-order valence-electron chi connectivity index (χ2n) is 9.48. The van der Waals surface area contributed by atoms with E-state index >= 15 is 0 Å². The van der Waals surface area contributed by atoms with E-state index in [0.29, 0.717) is 0 Å². The van der Waals surface area contributed by atoms with Crippen molar-refractivity contribution in [3.63, 3.8) is 0 Å². The van der Waals surface area contributed by atoms with Crippen molar-refractivity contribution in [2.45, 2.75) is 57.4 Å². The van der Waals surface area contributed by atoms with Crippen LogP contribution < -0.4 is 10.8 Å². The van der Waals surface area contributed by atoms with Crippen LogP contribution in [0, 0.1) is 24.3 Å². The molecule has 14 heteroatoms. The van der Waals surface area contributed by atoms with Crippen molar-refractivity contribution in [3.8, 4) is 12.3 Å². The Morgan fingerprint density at radius 1 is 1.29 bits per heavy atom. The minimum absolute atomic E-state index is 0.0443. The number of nitrogens with one attached hydrogen (secondary N) is 1. The number of anilines is 1. The fourth-order valence-corrected chi connectivity index (χ4v) is 5.05. The smallest absolute Gasteiger partial charge is 0.323 e. The van der Waals surface area contributed by atoms with Crippen molar-refractivity contribution in [1.82, 2.24) is 24.6 Å². The monoisotopic (exact) mass is 590 g/mol.